The van der Waals surface area contributed by atoms with Gasteiger partial charge in [-0.05, 0) is 68.5 Å². The molecule has 2 aromatic carbocycles. The van der Waals surface area contributed by atoms with Gasteiger partial charge >= 0.3 is 0 Å². The van der Waals surface area contributed by atoms with E-state index in [0.29, 0.717) is 17.3 Å². The van der Waals surface area contributed by atoms with Crippen LogP contribution >= 0.6 is 0 Å². The van der Waals surface area contributed by atoms with Crippen LogP contribution in [-0.4, -0.2) is 73.3 Å². The van der Waals surface area contributed by atoms with Crippen LogP contribution in [0.2, 0.25) is 0 Å². The van der Waals surface area contributed by atoms with Crippen molar-refractivity contribution in [2.24, 2.45) is 5.73 Å². The van der Waals surface area contributed by atoms with Crippen LogP contribution in [0.15, 0.2) is 73.1 Å². The molecule has 3 aromatic heterocycles. The Balaban J connectivity index is 1.13. The summed E-state index contributed by atoms with van der Waals surface area (Å²) in [5.74, 6) is -0.587. The molecule has 4 heterocycles. The van der Waals surface area contributed by atoms with Crippen LogP contribution in [0.1, 0.15) is 43.1 Å². The number of pyridine rings is 1. The molecule has 1 amide bonds. The molecule has 42 heavy (non-hydrogen) atoms. The predicted octanol–water partition coefficient (Wildman–Crippen LogP) is 4.53. The van der Waals surface area contributed by atoms with Crippen molar-refractivity contribution in [3.05, 3.63) is 78.8 Å². The number of piperazine rings is 1. The maximum atomic E-state index is 12.6. The van der Waals surface area contributed by atoms with E-state index in [9.17, 15) is 9.90 Å². The molecular formula is C33H35N7O2. The van der Waals surface area contributed by atoms with Gasteiger partial charge in [0, 0.05) is 60.6 Å². The third kappa shape index (κ3) is 4.88. The first-order chi connectivity index (χ1) is 20.4. The van der Waals surface area contributed by atoms with Gasteiger partial charge in [-0.3, -0.25) is 14.7 Å². The van der Waals surface area contributed by atoms with Crippen LogP contribution in [0.25, 0.3) is 38.9 Å². The maximum Gasteiger partial charge on any atom is 0.269 e. The van der Waals surface area contributed by atoms with Crippen molar-refractivity contribution >= 4 is 28.1 Å². The molecule has 1 aliphatic heterocycles. The van der Waals surface area contributed by atoms with Gasteiger partial charge in [0.2, 0.25) is 0 Å². The highest BCUT2D eigenvalue weighted by molar-refractivity contribution is 5.99. The average Bonchev–Trinajstić information content (AvgIpc) is 3.43. The highest BCUT2D eigenvalue weighted by atomic mass is 16.3. The summed E-state index contributed by atoms with van der Waals surface area (Å²) in [6.07, 6.45) is 7.45. The highest BCUT2D eigenvalue weighted by Gasteiger charge is 2.33. The summed E-state index contributed by atoms with van der Waals surface area (Å²) < 4.78 is 1.69. The van der Waals surface area contributed by atoms with Crippen molar-refractivity contribution < 1.29 is 9.90 Å². The summed E-state index contributed by atoms with van der Waals surface area (Å²) in [7, 11) is 0. The number of nitrogens with two attached hydrogens (primary N) is 1. The summed E-state index contributed by atoms with van der Waals surface area (Å²) in [4.78, 5) is 26.7. The van der Waals surface area contributed by atoms with Crippen LogP contribution in [0.5, 0.6) is 0 Å². The summed E-state index contributed by atoms with van der Waals surface area (Å²) >= 11 is 0. The molecule has 0 radical (unpaired) electrons. The second kappa shape index (κ2) is 10.5. The number of para-hydroxylation sites is 1. The van der Waals surface area contributed by atoms with Crippen LogP contribution in [0, 0.1) is 0 Å². The lowest BCUT2D eigenvalue weighted by molar-refractivity contribution is -0.00609. The molecule has 5 aromatic rings. The first-order valence-electron chi connectivity index (χ1n) is 14.7. The van der Waals surface area contributed by atoms with Crippen molar-refractivity contribution in [3.63, 3.8) is 0 Å². The highest BCUT2D eigenvalue weighted by Crippen LogP contribution is 2.33. The normalized spacial score (nSPS) is 21.7. The van der Waals surface area contributed by atoms with E-state index in [1.165, 1.54) is 0 Å². The Morgan fingerprint density at radius 3 is 2.43 bits per heavy atom. The van der Waals surface area contributed by atoms with E-state index < -0.39 is 11.5 Å². The van der Waals surface area contributed by atoms with Gasteiger partial charge in [0.05, 0.1) is 23.0 Å². The molecular weight excluding hydrogens is 526 g/mol. The van der Waals surface area contributed by atoms with Crippen molar-refractivity contribution in [3.8, 4) is 22.4 Å². The number of amides is 1. The Morgan fingerprint density at radius 1 is 0.952 bits per heavy atom. The van der Waals surface area contributed by atoms with E-state index in [2.05, 4.69) is 31.9 Å². The number of imidazole rings is 1. The smallest absolute Gasteiger partial charge is 0.269 e. The standard InChI is InChI=1S/C33H35N7O2/c1-33(42)13-10-24(11-14-33)39-18-16-38(17-19-39)23-8-6-22(7-9-23)27-20-30-36-21-29(40(30)37-31(27)32(34)41)26-12-15-35-28-5-3-2-4-25(26)28/h2-9,12,15,20-21,24,42H,10-11,13-14,16-19H2,1H3,(H2,34,41). The van der Waals surface area contributed by atoms with Crippen LogP contribution in [0.4, 0.5) is 5.69 Å². The molecule has 2 fully saturated rings. The Hall–Kier alpha value is -4.34. The fourth-order valence-corrected chi connectivity index (χ4v) is 6.61. The number of hydrogen-bond donors (Lipinski definition) is 2. The SMILES string of the molecule is CC1(O)CCC(N2CCN(c3ccc(-c4cc5ncc(-c6ccnc7ccccc67)n5nc4C(N)=O)cc3)CC2)CC1. The monoisotopic (exact) mass is 561 g/mol. The minimum absolute atomic E-state index is 0.202. The predicted molar refractivity (Wildman–Crippen MR) is 164 cm³/mol. The Morgan fingerprint density at radius 2 is 1.69 bits per heavy atom. The summed E-state index contributed by atoms with van der Waals surface area (Å²) in [5.41, 5.74) is 11.5. The van der Waals surface area contributed by atoms with Crippen molar-refractivity contribution in [2.45, 2.75) is 44.2 Å². The van der Waals surface area contributed by atoms with Crippen LogP contribution < -0.4 is 10.6 Å². The first kappa shape index (κ1) is 26.6. The summed E-state index contributed by atoms with van der Waals surface area (Å²) in [6.45, 7) is 5.94. The maximum absolute atomic E-state index is 12.6. The molecule has 9 nitrogen and oxygen atoms in total. The second-order valence-corrected chi connectivity index (χ2v) is 11.9. The number of carbonyl (C=O) groups excluding carboxylic acids is 1. The number of primary amides is 1. The number of benzene rings is 2. The number of hydrogen-bond acceptors (Lipinski definition) is 7. The molecule has 1 aliphatic carbocycles. The minimum atomic E-state index is -0.587. The molecule has 214 valence electrons. The number of aromatic nitrogens is 4. The van der Waals surface area contributed by atoms with Crippen molar-refractivity contribution in [1.29, 1.82) is 0 Å². The van der Waals surface area contributed by atoms with E-state index in [1.54, 1.807) is 16.9 Å². The zero-order valence-corrected chi connectivity index (χ0v) is 23.8. The van der Waals surface area contributed by atoms with E-state index in [4.69, 9.17) is 10.8 Å². The third-order valence-corrected chi connectivity index (χ3v) is 9.06. The second-order valence-electron chi connectivity index (χ2n) is 11.9. The fourth-order valence-electron chi connectivity index (χ4n) is 6.61. The molecule has 0 atom stereocenters. The van der Waals surface area contributed by atoms with Gasteiger partial charge < -0.3 is 15.7 Å². The Bertz CT molecular complexity index is 1760. The van der Waals surface area contributed by atoms with Gasteiger partial charge in [0.25, 0.3) is 5.91 Å². The van der Waals surface area contributed by atoms with E-state index in [0.717, 1.165) is 85.3 Å². The Kier molecular flexibility index (Phi) is 6.63. The number of aliphatic hydroxyl groups is 1. The molecule has 1 saturated carbocycles. The van der Waals surface area contributed by atoms with Crippen molar-refractivity contribution in [1.82, 2.24) is 24.5 Å². The average molecular weight is 562 g/mol. The lowest BCUT2D eigenvalue weighted by Gasteiger charge is -2.43. The van der Waals surface area contributed by atoms with Gasteiger partial charge in [0.15, 0.2) is 11.3 Å². The molecule has 7 rings (SSSR count). The molecule has 9 heteroatoms. The lowest BCUT2D eigenvalue weighted by Crippen LogP contribution is -2.52. The fraction of sp³-hybridized carbons (Fsp3) is 0.333. The van der Waals surface area contributed by atoms with E-state index in [1.807, 2.05) is 55.5 Å². The minimum Gasteiger partial charge on any atom is -0.390 e. The van der Waals surface area contributed by atoms with Crippen LogP contribution in [-0.2, 0) is 0 Å². The van der Waals surface area contributed by atoms with Gasteiger partial charge in [-0.2, -0.15) is 5.10 Å². The summed E-state index contributed by atoms with van der Waals surface area (Å²) in [6, 6.07) is 20.6. The van der Waals surface area contributed by atoms with E-state index in [-0.39, 0.29) is 5.69 Å². The molecule has 1 saturated heterocycles. The number of nitrogens with zero attached hydrogens (tertiary/aromatic N) is 6. The topological polar surface area (TPSA) is 113 Å². The van der Waals surface area contributed by atoms with Gasteiger partial charge in [-0.25, -0.2) is 9.50 Å². The van der Waals surface area contributed by atoms with Gasteiger partial charge in [-0.1, -0.05) is 30.3 Å². The Labute approximate surface area is 244 Å². The molecule has 2 aliphatic rings. The number of fused-ring (bicyclic) bond motifs is 2. The van der Waals surface area contributed by atoms with Gasteiger partial charge in [-0.15, -0.1) is 0 Å². The van der Waals surface area contributed by atoms with Gasteiger partial charge in [0.1, 0.15) is 0 Å². The molecule has 3 N–H and O–H groups in total. The van der Waals surface area contributed by atoms with Crippen LogP contribution in [0.3, 0.4) is 0 Å². The van der Waals surface area contributed by atoms with E-state index >= 15 is 0 Å². The first-order valence-corrected chi connectivity index (χ1v) is 14.7. The molecule has 0 unspecified atom stereocenters. The zero-order valence-electron chi connectivity index (χ0n) is 23.8. The largest absolute Gasteiger partial charge is 0.390 e. The quantitative estimate of drug-likeness (QED) is 0.324. The molecule has 0 bridgehead atoms. The number of carbonyl (C=O) groups is 1. The zero-order chi connectivity index (χ0) is 28.8. The lowest BCUT2D eigenvalue weighted by atomic mass is 9.83. The summed E-state index contributed by atoms with van der Waals surface area (Å²) in [5, 5.41) is 16.0. The third-order valence-electron chi connectivity index (χ3n) is 9.06. The molecule has 0 spiro atoms. The van der Waals surface area contributed by atoms with Crippen molar-refractivity contribution in [2.75, 3.05) is 31.1 Å². The number of anilines is 1. The number of rotatable bonds is 5.